The molecular weight excluding hydrogens is 346 g/mol. The van der Waals surface area contributed by atoms with Crippen LogP contribution in [0.2, 0.25) is 0 Å². The molecule has 2 aromatic heterocycles. The monoisotopic (exact) mass is 365 g/mol. The van der Waals surface area contributed by atoms with Gasteiger partial charge in [-0.2, -0.15) is 0 Å². The molecule has 1 aromatic carbocycles. The molecule has 0 aliphatic heterocycles. The molecule has 0 bridgehead atoms. The average Bonchev–Trinajstić information content (AvgIpc) is 3.17. The van der Waals surface area contributed by atoms with Crippen LogP contribution in [-0.4, -0.2) is 16.9 Å². The maximum absolute atomic E-state index is 11.9. The first-order chi connectivity index (χ1) is 11.0. The van der Waals surface area contributed by atoms with E-state index in [1.165, 1.54) is 0 Å². The number of nitrogens with zero attached hydrogens (tertiary/aromatic N) is 1. The topological polar surface area (TPSA) is 81.2 Å². The largest absolute Gasteiger partial charge is 0.457 e. The number of para-hydroxylation sites is 1. The number of furan rings is 1. The fourth-order valence-corrected chi connectivity index (χ4v) is 3.07. The molecule has 0 fully saturated rings. The van der Waals surface area contributed by atoms with Crippen molar-refractivity contribution in [2.45, 2.75) is 26.4 Å². The number of benzene rings is 1. The Labute approximate surface area is 150 Å². The standard InChI is InChI=1S/C17H19N3O2S.ClH/c1-10(11(2)18)16(21)19-9-12-7-8-14(22-12)17-20-13-5-3-4-6-15(13)23-17;/h3-8,10-11H,9,18H2,1-2H3,(H,19,21);1H. The van der Waals surface area contributed by atoms with E-state index in [1.54, 1.807) is 11.3 Å². The van der Waals surface area contributed by atoms with Crippen molar-refractivity contribution in [3.63, 3.8) is 0 Å². The van der Waals surface area contributed by atoms with Gasteiger partial charge in [0.1, 0.15) is 5.76 Å². The summed E-state index contributed by atoms with van der Waals surface area (Å²) in [4.78, 5) is 16.5. The molecule has 0 saturated carbocycles. The number of hydrogen-bond acceptors (Lipinski definition) is 5. The summed E-state index contributed by atoms with van der Waals surface area (Å²) in [6, 6.07) is 11.5. The number of thiazole rings is 1. The molecule has 3 aromatic rings. The molecule has 24 heavy (non-hydrogen) atoms. The van der Waals surface area contributed by atoms with Crippen molar-refractivity contribution in [2.24, 2.45) is 11.7 Å². The summed E-state index contributed by atoms with van der Waals surface area (Å²) in [5.74, 6) is 1.12. The molecule has 7 heteroatoms. The number of nitrogens with two attached hydrogens (primary N) is 1. The molecule has 0 saturated heterocycles. The third kappa shape index (κ3) is 3.95. The summed E-state index contributed by atoms with van der Waals surface area (Å²) in [6.07, 6.45) is 0. The SMILES string of the molecule is CC(N)C(C)C(=O)NCc1ccc(-c2nc3ccccc3s2)o1.Cl. The van der Waals surface area contributed by atoms with Crippen LogP contribution >= 0.6 is 23.7 Å². The Bertz CT molecular complexity index is 795. The van der Waals surface area contributed by atoms with Crippen LogP contribution in [0.15, 0.2) is 40.8 Å². The van der Waals surface area contributed by atoms with Crippen LogP contribution in [0.1, 0.15) is 19.6 Å². The van der Waals surface area contributed by atoms with Gasteiger partial charge in [-0.25, -0.2) is 4.98 Å². The Kier molecular flexibility index (Phi) is 5.99. The van der Waals surface area contributed by atoms with E-state index in [1.807, 2.05) is 50.2 Å². The van der Waals surface area contributed by atoms with Crippen LogP contribution in [0, 0.1) is 5.92 Å². The highest BCUT2D eigenvalue weighted by atomic mass is 35.5. The number of carbonyl (C=O) groups excluding carboxylic acids is 1. The fraction of sp³-hybridized carbons (Fsp3) is 0.294. The van der Waals surface area contributed by atoms with E-state index in [0.717, 1.165) is 21.0 Å². The number of hydrogen-bond donors (Lipinski definition) is 2. The Balaban J connectivity index is 0.00000208. The molecule has 3 rings (SSSR count). The molecule has 1 amide bonds. The van der Waals surface area contributed by atoms with Crippen LogP contribution in [0.4, 0.5) is 0 Å². The van der Waals surface area contributed by atoms with Crippen molar-refractivity contribution in [2.75, 3.05) is 0 Å². The molecular formula is C17H20ClN3O2S. The van der Waals surface area contributed by atoms with E-state index in [-0.39, 0.29) is 30.3 Å². The van der Waals surface area contributed by atoms with Crippen molar-refractivity contribution in [3.8, 4) is 10.8 Å². The average molecular weight is 366 g/mol. The predicted molar refractivity (Wildman–Crippen MR) is 99.2 cm³/mol. The number of halogens is 1. The van der Waals surface area contributed by atoms with Crippen molar-refractivity contribution in [1.82, 2.24) is 10.3 Å². The smallest absolute Gasteiger partial charge is 0.224 e. The van der Waals surface area contributed by atoms with Gasteiger partial charge in [-0.05, 0) is 31.2 Å². The molecule has 2 atom stereocenters. The Morgan fingerprint density at radius 3 is 2.75 bits per heavy atom. The zero-order valence-corrected chi connectivity index (χ0v) is 15.1. The van der Waals surface area contributed by atoms with Crippen LogP contribution in [0.25, 0.3) is 21.0 Å². The van der Waals surface area contributed by atoms with E-state index < -0.39 is 0 Å². The van der Waals surface area contributed by atoms with E-state index in [9.17, 15) is 4.79 Å². The lowest BCUT2D eigenvalue weighted by Crippen LogP contribution is -2.38. The molecule has 0 radical (unpaired) electrons. The van der Waals surface area contributed by atoms with Crippen LogP contribution in [-0.2, 0) is 11.3 Å². The second-order valence-electron chi connectivity index (χ2n) is 5.62. The van der Waals surface area contributed by atoms with Crippen LogP contribution in [0.3, 0.4) is 0 Å². The van der Waals surface area contributed by atoms with Crippen molar-refractivity contribution < 1.29 is 9.21 Å². The van der Waals surface area contributed by atoms with Gasteiger partial charge in [0, 0.05) is 12.0 Å². The van der Waals surface area contributed by atoms with Gasteiger partial charge >= 0.3 is 0 Å². The molecule has 0 aliphatic rings. The number of rotatable bonds is 5. The van der Waals surface area contributed by atoms with Gasteiger partial charge in [0.15, 0.2) is 10.8 Å². The van der Waals surface area contributed by atoms with Crippen molar-refractivity contribution in [3.05, 3.63) is 42.2 Å². The van der Waals surface area contributed by atoms with Crippen LogP contribution < -0.4 is 11.1 Å². The van der Waals surface area contributed by atoms with E-state index in [0.29, 0.717) is 12.3 Å². The molecule has 2 unspecified atom stereocenters. The van der Waals surface area contributed by atoms with E-state index in [2.05, 4.69) is 10.3 Å². The summed E-state index contributed by atoms with van der Waals surface area (Å²) in [7, 11) is 0. The summed E-state index contributed by atoms with van der Waals surface area (Å²) in [5, 5.41) is 3.68. The summed E-state index contributed by atoms with van der Waals surface area (Å²) < 4.78 is 6.92. The number of aromatic nitrogens is 1. The molecule has 128 valence electrons. The molecule has 2 heterocycles. The van der Waals surface area contributed by atoms with E-state index >= 15 is 0 Å². The van der Waals surface area contributed by atoms with Gasteiger partial charge in [-0.3, -0.25) is 4.79 Å². The summed E-state index contributed by atoms with van der Waals surface area (Å²) in [5.41, 5.74) is 6.69. The maximum Gasteiger partial charge on any atom is 0.224 e. The maximum atomic E-state index is 11.9. The number of carbonyl (C=O) groups is 1. The first-order valence-electron chi connectivity index (χ1n) is 7.52. The van der Waals surface area contributed by atoms with Crippen molar-refractivity contribution >= 4 is 39.9 Å². The van der Waals surface area contributed by atoms with Gasteiger partial charge in [-0.15, -0.1) is 23.7 Å². The number of amides is 1. The molecule has 5 nitrogen and oxygen atoms in total. The third-order valence-electron chi connectivity index (χ3n) is 3.81. The highest BCUT2D eigenvalue weighted by Gasteiger charge is 2.17. The lowest BCUT2D eigenvalue weighted by atomic mass is 10.0. The molecule has 0 aliphatic carbocycles. The van der Waals surface area contributed by atoms with Crippen LogP contribution in [0.5, 0.6) is 0 Å². The molecule has 3 N–H and O–H groups in total. The van der Waals surface area contributed by atoms with Gasteiger partial charge in [0.05, 0.1) is 16.8 Å². The number of nitrogens with one attached hydrogen (secondary N) is 1. The first-order valence-corrected chi connectivity index (χ1v) is 8.34. The summed E-state index contributed by atoms with van der Waals surface area (Å²) in [6.45, 7) is 3.98. The highest BCUT2D eigenvalue weighted by molar-refractivity contribution is 7.21. The lowest BCUT2D eigenvalue weighted by molar-refractivity contribution is -0.125. The first kappa shape index (κ1) is 18.4. The van der Waals surface area contributed by atoms with Gasteiger partial charge in [-0.1, -0.05) is 19.1 Å². The molecule has 0 spiro atoms. The third-order valence-corrected chi connectivity index (χ3v) is 4.86. The predicted octanol–water partition coefficient (Wildman–Crippen LogP) is 3.58. The van der Waals surface area contributed by atoms with Gasteiger partial charge < -0.3 is 15.5 Å². The van der Waals surface area contributed by atoms with Crippen molar-refractivity contribution in [1.29, 1.82) is 0 Å². The Morgan fingerprint density at radius 1 is 1.29 bits per heavy atom. The zero-order valence-electron chi connectivity index (χ0n) is 13.5. The lowest BCUT2D eigenvalue weighted by Gasteiger charge is -2.14. The highest BCUT2D eigenvalue weighted by Crippen LogP contribution is 2.31. The minimum Gasteiger partial charge on any atom is -0.457 e. The number of fused-ring (bicyclic) bond motifs is 1. The minimum atomic E-state index is -0.228. The second-order valence-corrected chi connectivity index (χ2v) is 6.65. The van der Waals surface area contributed by atoms with E-state index in [4.69, 9.17) is 10.2 Å². The Hall–Kier alpha value is -1.89. The minimum absolute atomic E-state index is 0. The fourth-order valence-electron chi connectivity index (χ4n) is 2.14. The second kappa shape index (κ2) is 7.79. The summed E-state index contributed by atoms with van der Waals surface area (Å²) >= 11 is 1.59. The zero-order chi connectivity index (χ0) is 16.4. The van der Waals surface area contributed by atoms with Gasteiger partial charge in [0.2, 0.25) is 5.91 Å². The Morgan fingerprint density at radius 2 is 2.04 bits per heavy atom. The van der Waals surface area contributed by atoms with Gasteiger partial charge in [0.25, 0.3) is 0 Å². The quantitative estimate of drug-likeness (QED) is 0.724. The normalized spacial score (nSPS) is 13.3.